The van der Waals surface area contributed by atoms with Crippen LogP contribution in [0, 0.1) is 5.92 Å². The van der Waals surface area contributed by atoms with E-state index < -0.39 is 0 Å². The first-order valence-corrected chi connectivity index (χ1v) is 9.06. The molecule has 0 aromatic heterocycles. The van der Waals surface area contributed by atoms with E-state index in [2.05, 4.69) is 42.2 Å². The first-order chi connectivity index (χ1) is 10.8. The minimum atomic E-state index is 0.822. The third-order valence-electron chi connectivity index (χ3n) is 4.94. The van der Waals surface area contributed by atoms with E-state index in [1.54, 1.807) is 5.56 Å². The van der Waals surface area contributed by atoms with Gasteiger partial charge in [0.05, 0.1) is 0 Å². The average molecular weight is 306 g/mol. The predicted molar refractivity (Wildman–Crippen MR) is 96.3 cm³/mol. The molecule has 1 aromatic rings. The third kappa shape index (κ3) is 5.40. The highest BCUT2D eigenvalue weighted by Gasteiger charge is 2.29. The maximum atomic E-state index is 7.00. The van der Waals surface area contributed by atoms with Gasteiger partial charge in [-0.05, 0) is 56.0 Å². The molecule has 0 amide bonds. The number of hydrogen-bond donors (Lipinski definition) is 1. The zero-order chi connectivity index (χ0) is 16.4. The topological polar surface area (TPSA) is 23.5 Å². The van der Waals surface area contributed by atoms with E-state index in [0.717, 1.165) is 25.0 Å². The second kappa shape index (κ2) is 10.8. The molecule has 1 aliphatic carbocycles. The molecule has 0 bridgehead atoms. The van der Waals surface area contributed by atoms with Crippen LogP contribution >= 0.6 is 0 Å². The van der Waals surface area contributed by atoms with Crippen LogP contribution < -0.4 is 0 Å². The smallest absolute Gasteiger partial charge is 0.0319 e. The van der Waals surface area contributed by atoms with Crippen molar-refractivity contribution in [1.29, 1.82) is 0 Å². The summed E-state index contributed by atoms with van der Waals surface area (Å²) >= 11 is 0. The van der Waals surface area contributed by atoms with Crippen molar-refractivity contribution in [3.05, 3.63) is 35.9 Å². The van der Waals surface area contributed by atoms with Crippen molar-refractivity contribution in [2.75, 3.05) is 20.2 Å². The summed E-state index contributed by atoms with van der Waals surface area (Å²) in [7, 11) is 1.00. The van der Waals surface area contributed by atoms with E-state index in [4.69, 9.17) is 5.11 Å². The molecule has 1 aliphatic heterocycles. The Morgan fingerprint density at radius 3 is 2.00 bits per heavy atom. The van der Waals surface area contributed by atoms with Crippen LogP contribution in [-0.2, 0) is 0 Å². The van der Waals surface area contributed by atoms with Gasteiger partial charge in [0.1, 0.15) is 0 Å². The lowest BCUT2D eigenvalue weighted by atomic mass is 9.81. The predicted octanol–water partition coefficient (Wildman–Crippen LogP) is 4.69. The third-order valence-corrected chi connectivity index (χ3v) is 4.94. The van der Waals surface area contributed by atoms with Crippen LogP contribution in [0.1, 0.15) is 64.4 Å². The molecule has 1 N–H and O–H groups in total. The summed E-state index contributed by atoms with van der Waals surface area (Å²) < 4.78 is 0. The van der Waals surface area contributed by atoms with E-state index in [9.17, 15) is 0 Å². The van der Waals surface area contributed by atoms with E-state index in [1.807, 2.05) is 13.8 Å². The summed E-state index contributed by atoms with van der Waals surface area (Å²) in [6.45, 7) is 9.10. The normalized spacial score (nSPS) is 28.1. The summed E-state index contributed by atoms with van der Waals surface area (Å²) in [5.41, 5.74) is 1.56. The van der Waals surface area contributed by atoms with Crippen molar-refractivity contribution < 1.29 is 5.11 Å². The SMILES string of the molecule is CC.CC1CCN(C2CCC(c3ccccc3)CC2)C1.CO. The molecule has 1 aromatic carbocycles. The Bertz CT molecular complexity index is 371. The van der Waals surface area contributed by atoms with Crippen molar-refractivity contribution in [2.24, 2.45) is 5.92 Å². The zero-order valence-corrected chi connectivity index (χ0v) is 15.0. The Morgan fingerprint density at radius 1 is 0.909 bits per heavy atom. The maximum absolute atomic E-state index is 7.00. The molecule has 3 rings (SSSR count). The van der Waals surface area contributed by atoms with Gasteiger partial charge in [-0.3, -0.25) is 0 Å². The number of aliphatic hydroxyl groups is 1. The lowest BCUT2D eigenvalue weighted by molar-refractivity contribution is 0.177. The van der Waals surface area contributed by atoms with E-state index >= 15 is 0 Å². The molecular formula is C20H35NO. The van der Waals surface area contributed by atoms with Crippen molar-refractivity contribution in [3.8, 4) is 0 Å². The highest BCUT2D eigenvalue weighted by molar-refractivity contribution is 5.20. The van der Waals surface area contributed by atoms with Crippen LogP contribution in [0.15, 0.2) is 30.3 Å². The minimum absolute atomic E-state index is 0.822. The number of benzene rings is 1. The van der Waals surface area contributed by atoms with Gasteiger partial charge in [0.2, 0.25) is 0 Å². The lowest BCUT2D eigenvalue weighted by Gasteiger charge is -2.34. The Hall–Kier alpha value is -0.860. The zero-order valence-electron chi connectivity index (χ0n) is 15.0. The molecule has 2 nitrogen and oxygen atoms in total. The first kappa shape index (κ1) is 19.2. The largest absolute Gasteiger partial charge is 0.400 e. The molecule has 1 heterocycles. The van der Waals surface area contributed by atoms with Crippen LogP contribution in [0.5, 0.6) is 0 Å². The van der Waals surface area contributed by atoms with Crippen LogP contribution in [0.4, 0.5) is 0 Å². The van der Waals surface area contributed by atoms with Crippen LogP contribution in [0.2, 0.25) is 0 Å². The summed E-state index contributed by atoms with van der Waals surface area (Å²) in [4.78, 5) is 2.76. The van der Waals surface area contributed by atoms with Crippen molar-refractivity contribution >= 4 is 0 Å². The van der Waals surface area contributed by atoms with Gasteiger partial charge in [0, 0.05) is 19.7 Å². The number of likely N-dealkylation sites (tertiary alicyclic amines) is 1. The Kier molecular flexibility index (Phi) is 9.42. The molecule has 0 radical (unpaired) electrons. The standard InChI is InChI=1S/C17H25N.C2H6.CH4O/c1-14-11-12-18(13-14)17-9-7-16(8-10-17)15-5-3-2-4-6-15;2*1-2/h2-6,14,16-17H,7-13H2,1H3;1-2H3;2H,1H3. The van der Waals surface area contributed by atoms with Crippen molar-refractivity contribution in [2.45, 2.75) is 64.8 Å². The van der Waals surface area contributed by atoms with Gasteiger partial charge in [-0.1, -0.05) is 51.1 Å². The van der Waals surface area contributed by atoms with Gasteiger partial charge in [-0.2, -0.15) is 0 Å². The quantitative estimate of drug-likeness (QED) is 0.857. The molecule has 1 atom stereocenters. The molecule has 22 heavy (non-hydrogen) atoms. The van der Waals surface area contributed by atoms with Gasteiger partial charge in [-0.25, -0.2) is 0 Å². The summed E-state index contributed by atoms with van der Waals surface area (Å²) in [6, 6.07) is 12.0. The van der Waals surface area contributed by atoms with Crippen LogP contribution in [0.3, 0.4) is 0 Å². The maximum Gasteiger partial charge on any atom is 0.0319 e. The molecule has 126 valence electrons. The summed E-state index contributed by atoms with van der Waals surface area (Å²) in [5.74, 6) is 1.75. The highest BCUT2D eigenvalue weighted by atomic mass is 16.2. The molecule has 1 saturated heterocycles. The monoisotopic (exact) mass is 305 g/mol. The highest BCUT2D eigenvalue weighted by Crippen LogP contribution is 2.36. The minimum Gasteiger partial charge on any atom is -0.400 e. The number of hydrogen-bond acceptors (Lipinski definition) is 2. The average Bonchev–Trinajstić information content (AvgIpc) is 3.06. The first-order valence-electron chi connectivity index (χ1n) is 9.06. The molecular weight excluding hydrogens is 270 g/mol. The molecule has 0 spiro atoms. The summed E-state index contributed by atoms with van der Waals surface area (Å²) in [6.07, 6.45) is 7.01. The Balaban J connectivity index is 0.000000561. The van der Waals surface area contributed by atoms with E-state index in [0.29, 0.717) is 0 Å². The fourth-order valence-electron chi connectivity index (χ4n) is 3.80. The Labute approximate surface area is 137 Å². The Morgan fingerprint density at radius 2 is 1.50 bits per heavy atom. The van der Waals surface area contributed by atoms with Gasteiger partial charge >= 0.3 is 0 Å². The number of nitrogens with zero attached hydrogens (tertiary/aromatic N) is 1. The molecule has 2 aliphatic rings. The fourth-order valence-corrected chi connectivity index (χ4v) is 3.80. The van der Waals surface area contributed by atoms with E-state index in [1.165, 1.54) is 45.2 Å². The van der Waals surface area contributed by atoms with Crippen LogP contribution in [0.25, 0.3) is 0 Å². The van der Waals surface area contributed by atoms with Crippen molar-refractivity contribution in [1.82, 2.24) is 4.90 Å². The second-order valence-electron chi connectivity index (χ2n) is 6.30. The molecule has 1 unspecified atom stereocenters. The lowest BCUT2D eigenvalue weighted by Crippen LogP contribution is -2.36. The second-order valence-corrected chi connectivity index (χ2v) is 6.30. The van der Waals surface area contributed by atoms with Gasteiger partial charge < -0.3 is 10.0 Å². The molecule has 1 saturated carbocycles. The summed E-state index contributed by atoms with van der Waals surface area (Å²) in [5, 5.41) is 7.00. The van der Waals surface area contributed by atoms with Crippen LogP contribution in [-0.4, -0.2) is 36.2 Å². The van der Waals surface area contributed by atoms with Gasteiger partial charge in [0.15, 0.2) is 0 Å². The van der Waals surface area contributed by atoms with E-state index in [-0.39, 0.29) is 0 Å². The van der Waals surface area contributed by atoms with Gasteiger partial charge in [0.25, 0.3) is 0 Å². The molecule has 2 heteroatoms. The fraction of sp³-hybridized carbons (Fsp3) is 0.700. The van der Waals surface area contributed by atoms with Crippen molar-refractivity contribution in [3.63, 3.8) is 0 Å². The number of rotatable bonds is 2. The number of aliphatic hydroxyl groups excluding tert-OH is 1. The molecule has 2 fully saturated rings. The van der Waals surface area contributed by atoms with Gasteiger partial charge in [-0.15, -0.1) is 0 Å².